The predicted molar refractivity (Wildman–Crippen MR) is 104 cm³/mol. The second-order valence-corrected chi connectivity index (χ2v) is 5.85. The summed E-state index contributed by atoms with van der Waals surface area (Å²) in [6.07, 6.45) is 0. The van der Waals surface area contributed by atoms with Crippen molar-refractivity contribution >= 4 is 29.0 Å². The lowest BCUT2D eigenvalue weighted by molar-refractivity contribution is -0.118. The van der Waals surface area contributed by atoms with E-state index in [2.05, 4.69) is 10.6 Å². The number of methoxy groups -OCH3 is 2. The van der Waals surface area contributed by atoms with Crippen LogP contribution in [0.1, 0.15) is 24.2 Å². The Kier molecular flexibility index (Phi) is 6.97. The molecule has 0 radical (unpaired) electrons. The Hall–Kier alpha value is -3.55. The lowest BCUT2D eigenvalue weighted by Crippen LogP contribution is -2.21. The fraction of sp³-hybridized carbons (Fsp3) is 0.250. The van der Waals surface area contributed by atoms with Crippen molar-refractivity contribution in [2.75, 3.05) is 31.5 Å². The summed E-state index contributed by atoms with van der Waals surface area (Å²) < 4.78 is 15.9. The topological polar surface area (TPSA) is 103 Å². The first kappa shape index (κ1) is 20.8. The van der Waals surface area contributed by atoms with E-state index in [4.69, 9.17) is 14.2 Å². The molecule has 8 nitrogen and oxygen atoms in total. The Morgan fingerprint density at radius 1 is 0.857 bits per heavy atom. The molecule has 0 saturated carbocycles. The molecule has 0 atom stereocenters. The van der Waals surface area contributed by atoms with E-state index in [-0.39, 0.29) is 24.0 Å². The molecule has 0 fully saturated rings. The van der Waals surface area contributed by atoms with Crippen molar-refractivity contribution < 1.29 is 28.6 Å². The van der Waals surface area contributed by atoms with Gasteiger partial charge in [-0.05, 0) is 37.3 Å². The molecule has 0 saturated heterocycles. The van der Waals surface area contributed by atoms with E-state index in [0.29, 0.717) is 28.4 Å². The number of ether oxygens (including phenoxy) is 3. The minimum atomic E-state index is -0.439. The molecule has 2 aromatic carbocycles. The van der Waals surface area contributed by atoms with Gasteiger partial charge in [-0.25, -0.2) is 0 Å². The average Bonchev–Trinajstić information content (AvgIpc) is 2.66. The first-order chi connectivity index (χ1) is 13.3. The van der Waals surface area contributed by atoms with Crippen molar-refractivity contribution in [2.24, 2.45) is 0 Å². The zero-order valence-corrected chi connectivity index (χ0v) is 16.1. The van der Waals surface area contributed by atoms with Crippen LogP contribution in [0.2, 0.25) is 0 Å². The normalized spacial score (nSPS) is 10.0. The summed E-state index contributed by atoms with van der Waals surface area (Å²) in [5.74, 6) is 0.349. The fourth-order valence-electron chi connectivity index (χ4n) is 2.39. The van der Waals surface area contributed by atoms with Gasteiger partial charge in [0.25, 0.3) is 5.91 Å². The van der Waals surface area contributed by atoms with E-state index in [1.54, 1.807) is 30.3 Å². The summed E-state index contributed by atoms with van der Waals surface area (Å²) >= 11 is 0. The minimum absolute atomic E-state index is 0.161. The average molecular weight is 386 g/mol. The summed E-state index contributed by atoms with van der Waals surface area (Å²) in [5, 5.41) is 5.28. The predicted octanol–water partition coefficient (Wildman–Crippen LogP) is 2.88. The first-order valence-electron chi connectivity index (χ1n) is 8.41. The summed E-state index contributed by atoms with van der Waals surface area (Å²) in [6.45, 7) is 2.44. The summed E-state index contributed by atoms with van der Waals surface area (Å²) in [6, 6.07) is 9.58. The van der Waals surface area contributed by atoms with E-state index in [1.807, 2.05) is 0 Å². The number of hydrogen-bond donors (Lipinski definition) is 2. The Bertz CT molecular complexity index is 894. The highest BCUT2D eigenvalue weighted by molar-refractivity contribution is 5.97. The third-order valence-electron chi connectivity index (χ3n) is 3.74. The molecule has 0 heterocycles. The number of rotatable bonds is 8. The molecule has 2 amide bonds. The standard InChI is InChI=1S/C20H22N2O6/c1-12(23)14-5-7-17(21-13(2)24)19(9-14)28-11-20(25)22-16-8-6-15(26-3)10-18(16)27-4/h5-10H,11H2,1-4H3,(H,21,24)(H,22,25). The van der Waals surface area contributed by atoms with Crippen LogP contribution in [0.4, 0.5) is 11.4 Å². The van der Waals surface area contributed by atoms with E-state index in [9.17, 15) is 14.4 Å². The van der Waals surface area contributed by atoms with Gasteiger partial charge < -0.3 is 24.8 Å². The molecular formula is C20H22N2O6. The third kappa shape index (κ3) is 5.47. The van der Waals surface area contributed by atoms with Crippen LogP contribution in [0, 0.1) is 0 Å². The Morgan fingerprint density at radius 2 is 1.54 bits per heavy atom. The van der Waals surface area contributed by atoms with Gasteiger partial charge in [0.1, 0.15) is 17.2 Å². The molecule has 0 aromatic heterocycles. The number of Topliss-reactive ketones (excluding diaryl/α,β-unsaturated/α-hetero) is 1. The van der Waals surface area contributed by atoms with Crippen molar-refractivity contribution in [1.82, 2.24) is 0 Å². The van der Waals surface area contributed by atoms with Gasteiger partial charge in [0.2, 0.25) is 5.91 Å². The molecule has 2 N–H and O–H groups in total. The zero-order chi connectivity index (χ0) is 20.7. The number of amides is 2. The van der Waals surface area contributed by atoms with Crippen LogP contribution in [-0.4, -0.2) is 38.4 Å². The number of benzene rings is 2. The molecular weight excluding hydrogens is 364 g/mol. The smallest absolute Gasteiger partial charge is 0.262 e. The van der Waals surface area contributed by atoms with Gasteiger partial charge in [-0.2, -0.15) is 0 Å². The maximum Gasteiger partial charge on any atom is 0.262 e. The summed E-state index contributed by atoms with van der Waals surface area (Å²) in [7, 11) is 3.01. The van der Waals surface area contributed by atoms with Gasteiger partial charge in [0.05, 0.1) is 25.6 Å². The molecule has 0 aliphatic carbocycles. The molecule has 0 bridgehead atoms. The second kappa shape index (κ2) is 9.40. The molecule has 28 heavy (non-hydrogen) atoms. The van der Waals surface area contributed by atoms with Crippen LogP contribution < -0.4 is 24.8 Å². The molecule has 0 aliphatic rings. The summed E-state index contributed by atoms with van der Waals surface area (Å²) in [5.41, 5.74) is 1.23. The van der Waals surface area contributed by atoms with Crippen molar-refractivity contribution in [3.63, 3.8) is 0 Å². The van der Waals surface area contributed by atoms with Gasteiger partial charge in [-0.1, -0.05) is 0 Å². The van der Waals surface area contributed by atoms with Crippen LogP contribution in [0.25, 0.3) is 0 Å². The lowest BCUT2D eigenvalue weighted by atomic mass is 10.1. The van der Waals surface area contributed by atoms with Gasteiger partial charge in [-0.15, -0.1) is 0 Å². The number of nitrogens with one attached hydrogen (secondary N) is 2. The molecule has 2 aromatic rings. The second-order valence-electron chi connectivity index (χ2n) is 5.85. The highest BCUT2D eigenvalue weighted by Gasteiger charge is 2.13. The van der Waals surface area contributed by atoms with Crippen LogP contribution in [0.15, 0.2) is 36.4 Å². The molecule has 8 heteroatoms. The van der Waals surface area contributed by atoms with E-state index < -0.39 is 5.91 Å². The molecule has 2 rings (SSSR count). The molecule has 0 spiro atoms. The van der Waals surface area contributed by atoms with Crippen molar-refractivity contribution in [3.8, 4) is 17.2 Å². The van der Waals surface area contributed by atoms with E-state index in [0.717, 1.165) is 0 Å². The SMILES string of the molecule is COc1ccc(NC(=O)COc2cc(C(C)=O)ccc2NC(C)=O)c(OC)c1. The Morgan fingerprint density at radius 3 is 2.14 bits per heavy atom. The lowest BCUT2D eigenvalue weighted by Gasteiger charge is -2.14. The first-order valence-corrected chi connectivity index (χ1v) is 8.41. The van der Waals surface area contributed by atoms with E-state index >= 15 is 0 Å². The van der Waals surface area contributed by atoms with Gasteiger partial charge in [-0.3, -0.25) is 14.4 Å². The highest BCUT2D eigenvalue weighted by Crippen LogP contribution is 2.29. The number of carbonyl (C=O) groups excluding carboxylic acids is 3. The van der Waals surface area contributed by atoms with Gasteiger partial charge in [0.15, 0.2) is 12.4 Å². The van der Waals surface area contributed by atoms with Crippen LogP contribution in [0.3, 0.4) is 0 Å². The zero-order valence-electron chi connectivity index (χ0n) is 16.1. The van der Waals surface area contributed by atoms with Gasteiger partial charge in [0, 0.05) is 18.6 Å². The maximum atomic E-state index is 12.3. The van der Waals surface area contributed by atoms with Gasteiger partial charge >= 0.3 is 0 Å². The van der Waals surface area contributed by atoms with E-state index in [1.165, 1.54) is 34.1 Å². The molecule has 0 unspecified atom stereocenters. The quantitative estimate of drug-likeness (QED) is 0.676. The van der Waals surface area contributed by atoms with Crippen LogP contribution in [0.5, 0.6) is 17.2 Å². The number of ketones is 1. The largest absolute Gasteiger partial charge is 0.497 e. The Balaban J connectivity index is 2.12. The number of anilines is 2. The number of carbonyl (C=O) groups is 3. The monoisotopic (exact) mass is 386 g/mol. The number of hydrogen-bond acceptors (Lipinski definition) is 6. The summed E-state index contributed by atoms with van der Waals surface area (Å²) in [4.78, 5) is 35.2. The Labute approximate surface area is 162 Å². The van der Waals surface area contributed by atoms with Crippen molar-refractivity contribution in [1.29, 1.82) is 0 Å². The minimum Gasteiger partial charge on any atom is -0.497 e. The third-order valence-corrected chi connectivity index (χ3v) is 3.74. The maximum absolute atomic E-state index is 12.3. The molecule has 148 valence electrons. The van der Waals surface area contributed by atoms with Crippen LogP contribution >= 0.6 is 0 Å². The van der Waals surface area contributed by atoms with Crippen LogP contribution in [-0.2, 0) is 9.59 Å². The fourth-order valence-corrected chi connectivity index (χ4v) is 2.39. The van der Waals surface area contributed by atoms with Crippen molar-refractivity contribution in [3.05, 3.63) is 42.0 Å². The highest BCUT2D eigenvalue weighted by atomic mass is 16.5. The van der Waals surface area contributed by atoms with Crippen molar-refractivity contribution in [2.45, 2.75) is 13.8 Å². The molecule has 0 aliphatic heterocycles.